The molecule has 0 bridgehead atoms. The minimum Gasteiger partial charge on any atom is -0.457 e. The van der Waals surface area contributed by atoms with E-state index in [0.717, 1.165) is 11.6 Å². The van der Waals surface area contributed by atoms with Gasteiger partial charge in [0, 0.05) is 11.6 Å². The number of benzene rings is 2. The van der Waals surface area contributed by atoms with Gasteiger partial charge in [-0.2, -0.15) is 5.26 Å². The summed E-state index contributed by atoms with van der Waals surface area (Å²) < 4.78 is 18.7. The Bertz CT molecular complexity index is 630. The molecular formula is C15H10FNO2. The third kappa shape index (κ3) is 3.39. The summed E-state index contributed by atoms with van der Waals surface area (Å²) in [5.41, 5.74) is 1.10. The average Bonchev–Trinajstić information content (AvgIpc) is 2.40. The van der Waals surface area contributed by atoms with Crippen LogP contribution in [0.1, 0.15) is 15.9 Å². The van der Waals surface area contributed by atoms with Crippen LogP contribution in [-0.4, -0.2) is 6.29 Å². The molecule has 0 radical (unpaired) electrons. The fourth-order valence-corrected chi connectivity index (χ4v) is 1.61. The number of halogens is 1. The number of rotatable bonds is 4. The van der Waals surface area contributed by atoms with Crippen LogP contribution in [0.4, 0.5) is 4.39 Å². The molecule has 0 aliphatic carbocycles. The van der Waals surface area contributed by atoms with Gasteiger partial charge in [0.2, 0.25) is 0 Å². The van der Waals surface area contributed by atoms with Gasteiger partial charge in [-0.25, -0.2) is 4.39 Å². The predicted molar refractivity (Wildman–Crippen MR) is 67.6 cm³/mol. The van der Waals surface area contributed by atoms with E-state index in [1.807, 2.05) is 6.07 Å². The summed E-state index contributed by atoms with van der Waals surface area (Å²) >= 11 is 0. The lowest BCUT2D eigenvalue weighted by Crippen LogP contribution is -1.89. The molecule has 0 fully saturated rings. The number of aldehydes is 1. The van der Waals surface area contributed by atoms with Gasteiger partial charge in [-0.15, -0.1) is 0 Å². The highest BCUT2D eigenvalue weighted by Gasteiger charge is 2.03. The molecule has 3 nitrogen and oxygen atoms in total. The molecule has 0 heterocycles. The molecule has 19 heavy (non-hydrogen) atoms. The standard InChI is InChI=1S/C15H10FNO2/c16-13-7-12(10-18)8-15(9-13)19-14-3-1-11(2-4-14)5-6-17/h1-4,7-10H,5H2. The van der Waals surface area contributed by atoms with Crippen LogP contribution in [-0.2, 0) is 6.42 Å². The maximum Gasteiger partial charge on any atom is 0.150 e. The van der Waals surface area contributed by atoms with Crippen LogP contribution in [0.2, 0.25) is 0 Å². The quantitative estimate of drug-likeness (QED) is 0.785. The van der Waals surface area contributed by atoms with Crippen molar-refractivity contribution in [2.75, 3.05) is 0 Å². The normalized spacial score (nSPS) is 9.68. The lowest BCUT2D eigenvalue weighted by atomic mass is 10.1. The highest BCUT2D eigenvalue weighted by atomic mass is 19.1. The van der Waals surface area contributed by atoms with Crippen LogP contribution in [0.5, 0.6) is 11.5 Å². The second-order valence-corrected chi connectivity index (χ2v) is 3.92. The van der Waals surface area contributed by atoms with Gasteiger partial charge in [-0.05, 0) is 29.8 Å². The fourth-order valence-electron chi connectivity index (χ4n) is 1.61. The number of carbonyl (C=O) groups excluding carboxylic acids is 1. The van der Waals surface area contributed by atoms with Gasteiger partial charge in [0.1, 0.15) is 23.6 Å². The Kier molecular flexibility index (Phi) is 3.89. The molecule has 2 aromatic rings. The Hall–Kier alpha value is -2.67. The lowest BCUT2D eigenvalue weighted by Gasteiger charge is -2.07. The summed E-state index contributed by atoms with van der Waals surface area (Å²) in [5, 5.41) is 8.56. The van der Waals surface area contributed by atoms with E-state index in [9.17, 15) is 9.18 Å². The molecule has 0 unspecified atom stereocenters. The molecule has 4 heteroatoms. The second-order valence-electron chi connectivity index (χ2n) is 3.92. The molecule has 0 aliphatic rings. The van der Waals surface area contributed by atoms with Crippen LogP contribution in [0.3, 0.4) is 0 Å². The van der Waals surface area contributed by atoms with Gasteiger partial charge in [-0.1, -0.05) is 12.1 Å². The van der Waals surface area contributed by atoms with Crippen LogP contribution < -0.4 is 4.74 Å². The van der Waals surface area contributed by atoms with E-state index >= 15 is 0 Å². The van der Waals surface area contributed by atoms with Crippen molar-refractivity contribution in [3.8, 4) is 17.6 Å². The topological polar surface area (TPSA) is 50.1 Å². The first-order valence-electron chi connectivity index (χ1n) is 5.61. The van der Waals surface area contributed by atoms with Gasteiger partial charge < -0.3 is 4.74 Å². The Morgan fingerprint density at radius 2 is 1.89 bits per heavy atom. The van der Waals surface area contributed by atoms with Crippen molar-refractivity contribution in [1.29, 1.82) is 5.26 Å². The Balaban J connectivity index is 2.19. The molecule has 0 N–H and O–H groups in total. The molecule has 0 saturated heterocycles. The predicted octanol–water partition coefficient (Wildman–Crippen LogP) is 3.50. The third-order valence-corrected chi connectivity index (χ3v) is 2.47. The van der Waals surface area contributed by atoms with E-state index in [0.29, 0.717) is 18.5 Å². The first-order valence-corrected chi connectivity index (χ1v) is 5.61. The van der Waals surface area contributed by atoms with Crippen LogP contribution >= 0.6 is 0 Å². The molecule has 2 aromatic carbocycles. The summed E-state index contributed by atoms with van der Waals surface area (Å²) in [6, 6.07) is 12.8. The van der Waals surface area contributed by atoms with E-state index in [2.05, 4.69) is 0 Å². The highest BCUT2D eigenvalue weighted by molar-refractivity contribution is 5.75. The average molecular weight is 255 g/mol. The smallest absolute Gasteiger partial charge is 0.150 e. The van der Waals surface area contributed by atoms with Gasteiger partial charge in [0.05, 0.1) is 12.5 Å². The number of carbonyl (C=O) groups is 1. The van der Waals surface area contributed by atoms with Crippen LogP contribution in [0.25, 0.3) is 0 Å². The molecule has 94 valence electrons. The zero-order valence-corrected chi connectivity index (χ0v) is 9.97. The van der Waals surface area contributed by atoms with Crippen LogP contribution in [0, 0.1) is 17.1 Å². The monoisotopic (exact) mass is 255 g/mol. The van der Waals surface area contributed by atoms with Gasteiger partial charge in [-0.3, -0.25) is 4.79 Å². The maximum absolute atomic E-state index is 13.2. The largest absolute Gasteiger partial charge is 0.457 e. The van der Waals surface area contributed by atoms with E-state index in [1.54, 1.807) is 24.3 Å². The van der Waals surface area contributed by atoms with Crippen molar-refractivity contribution in [3.63, 3.8) is 0 Å². The molecule has 0 amide bonds. The Morgan fingerprint density at radius 1 is 1.16 bits per heavy atom. The van der Waals surface area contributed by atoms with Gasteiger partial charge >= 0.3 is 0 Å². The van der Waals surface area contributed by atoms with Crippen molar-refractivity contribution in [3.05, 3.63) is 59.4 Å². The van der Waals surface area contributed by atoms with Crippen molar-refractivity contribution in [2.45, 2.75) is 6.42 Å². The minimum atomic E-state index is -0.527. The zero-order valence-electron chi connectivity index (χ0n) is 9.97. The van der Waals surface area contributed by atoms with Crippen molar-refractivity contribution in [1.82, 2.24) is 0 Å². The van der Waals surface area contributed by atoms with Crippen LogP contribution in [0.15, 0.2) is 42.5 Å². The lowest BCUT2D eigenvalue weighted by molar-refractivity contribution is 0.112. The van der Waals surface area contributed by atoms with E-state index in [1.165, 1.54) is 12.1 Å². The SMILES string of the molecule is N#CCc1ccc(Oc2cc(F)cc(C=O)c2)cc1. The number of nitriles is 1. The van der Waals surface area contributed by atoms with Gasteiger partial charge in [0.15, 0.2) is 0 Å². The van der Waals surface area contributed by atoms with Crippen molar-refractivity contribution < 1.29 is 13.9 Å². The molecule has 2 rings (SSSR count). The molecule has 0 atom stereocenters. The number of ether oxygens (including phenoxy) is 1. The molecule has 0 saturated carbocycles. The highest BCUT2D eigenvalue weighted by Crippen LogP contribution is 2.23. The molecule has 0 spiro atoms. The first-order chi connectivity index (χ1) is 9.21. The summed E-state index contributed by atoms with van der Waals surface area (Å²) in [4.78, 5) is 10.6. The molecule has 0 aliphatic heterocycles. The summed E-state index contributed by atoms with van der Waals surface area (Å²) in [5.74, 6) is 0.250. The number of nitrogens with zero attached hydrogens (tertiary/aromatic N) is 1. The molecule has 0 aromatic heterocycles. The van der Waals surface area contributed by atoms with E-state index < -0.39 is 5.82 Å². The van der Waals surface area contributed by atoms with Crippen molar-refractivity contribution >= 4 is 6.29 Å². The Labute approximate surface area is 109 Å². The van der Waals surface area contributed by atoms with E-state index in [4.69, 9.17) is 10.00 Å². The van der Waals surface area contributed by atoms with Crippen molar-refractivity contribution in [2.24, 2.45) is 0 Å². The van der Waals surface area contributed by atoms with E-state index in [-0.39, 0.29) is 11.3 Å². The number of hydrogen-bond acceptors (Lipinski definition) is 3. The van der Waals surface area contributed by atoms with Gasteiger partial charge in [0.25, 0.3) is 0 Å². The number of hydrogen-bond donors (Lipinski definition) is 0. The summed E-state index contributed by atoms with van der Waals surface area (Å²) in [7, 11) is 0. The zero-order chi connectivity index (χ0) is 13.7. The maximum atomic E-state index is 13.2. The fraction of sp³-hybridized carbons (Fsp3) is 0.0667. The summed E-state index contributed by atoms with van der Waals surface area (Å²) in [6.07, 6.45) is 0.890. The second kappa shape index (κ2) is 5.78. The summed E-state index contributed by atoms with van der Waals surface area (Å²) in [6.45, 7) is 0. The third-order valence-electron chi connectivity index (χ3n) is 2.47. The minimum absolute atomic E-state index is 0.219. The molecular weight excluding hydrogens is 245 g/mol. The first kappa shape index (κ1) is 12.8. The Morgan fingerprint density at radius 3 is 2.53 bits per heavy atom.